The Hall–Kier alpha value is -4.34. The number of rotatable bonds is 14. The number of carbonyl (C=O) groups is 2. The van der Waals surface area contributed by atoms with E-state index in [9.17, 15) is 18.0 Å². The maximum absolute atomic E-state index is 14.5. The Morgan fingerprint density at radius 1 is 0.891 bits per heavy atom. The number of hydrogen-bond donors (Lipinski definition) is 1. The molecule has 2 unspecified atom stereocenters. The molecule has 4 rings (SSSR count). The second-order valence-corrected chi connectivity index (χ2v) is 13.5. The number of carbonyl (C=O) groups excluding carboxylic acids is 2. The third-order valence-electron chi connectivity index (χ3n) is 7.76. The summed E-state index contributed by atoms with van der Waals surface area (Å²) >= 11 is 6.31. The molecule has 4 aromatic carbocycles. The van der Waals surface area contributed by atoms with E-state index >= 15 is 0 Å². The molecule has 0 radical (unpaired) electrons. The summed E-state index contributed by atoms with van der Waals surface area (Å²) in [6, 6.07) is 28.4. The van der Waals surface area contributed by atoms with Gasteiger partial charge in [0.05, 0.1) is 17.7 Å². The molecular formula is C36H40ClN3O5S. The van der Waals surface area contributed by atoms with Crippen LogP contribution < -0.4 is 14.4 Å². The molecule has 10 heteroatoms. The fourth-order valence-electron chi connectivity index (χ4n) is 4.94. The Morgan fingerprint density at radius 3 is 2.15 bits per heavy atom. The number of amides is 2. The number of ether oxygens (including phenoxy) is 1. The highest BCUT2D eigenvalue weighted by Gasteiger charge is 2.35. The molecule has 0 bridgehead atoms. The summed E-state index contributed by atoms with van der Waals surface area (Å²) in [5.74, 6) is -0.368. The van der Waals surface area contributed by atoms with E-state index in [-0.39, 0.29) is 29.8 Å². The van der Waals surface area contributed by atoms with Crippen molar-refractivity contribution in [3.8, 4) is 5.75 Å². The lowest BCUT2D eigenvalue weighted by atomic mass is 10.0. The number of aryl methyl sites for hydroxylation is 1. The molecule has 4 aromatic rings. The second kappa shape index (κ2) is 15.8. The Labute approximate surface area is 277 Å². The van der Waals surface area contributed by atoms with Crippen molar-refractivity contribution in [2.45, 2.75) is 57.1 Å². The molecule has 0 aromatic heterocycles. The third kappa shape index (κ3) is 8.89. The Kier molecular flexibility index (Phi) is 11.8. The SMILES string of the molecule is CCC(C)NC(=O)C(Cc1ccccc1)N(Cc1cccc(Cl)c1)C(=O)CN(c1ccc(C)cc1)S(=O)(=O)c1ccc(OC)cc1. The Bertz CT molecular complexity index is 1720. The first-order valence-corrected chi connectivity index (χ1v) is 16.9. The molecule has 0 saturated heterocycles. The van der Waals surface area contributed by atoms with E-state index in [1.165, 1.54) is 24.1 Å². The predicted molar refractivity (Wildman–Crippen MR) is 183 cm³/mol. The van der Waals surface area contributed by atoms with Crippen LogP contribution in [0.4, 0.5) is 5.69 Å². The number of nitrogens with zero attached hydrogens (tertiary/aromatic N) is 2. The van der Waals surface area contributed by atoms with Gasteiger partial charge in [0.25, 0.3) is 10.0 Å². The first kappa shape index (κ1) is 34.5. The van der Waals surface area contributed by atoms with E-state index in [0.717, 1.165) is 15.4 Å². The zero-order valence-corrected chi connectivity index (χ0v) is 28.1. The molecule has 8 nitrogen and oxygen atoms in total. The van der Waals surface area contributed by atoms with E-state index in [2.05, 4.69) is 5.32 Å². The average molecular weight is 662 g/mol. The van der Waals surface area contributed by atoms with Crippen molar-refractivity contribution in [2.24, 2.45) is 0 Å². The molecule has 0 aliphatic rings. The highest BCUT2D eigenvalue weighted by molar-refractivity contribution is 7.92. The lowest BCUT2D eigenvalue weighted by Gasteiger charge is -2.34. The molecule has 0 fully saturated rings. The molecule has 0 saturated carbocycles. The summed E-state index contributed by atoms with van der Waals surface area (Å²) in [5, 5.41) is 3.52. The van der Waals surface area contributed by atoms with Crippen molar-refractivity contribution in [1.82, 2.24) is 10.2 Å². The molecule has 2 amide bonds. The van der Waals surface area contributed by atoms with Gasteiger partial charge < -0.3 is 15.0 Å². The minimum Gasteiger partial charge on any atom is -0.497 e. The van der Waals surface area contributed by atoms with E-state index in [1.54, 1.807) is 54.6 Å². The fraction of sp³-hybridized carbons (Fsp3) is 0.278. The second-order valence-electron chi connectivity index (χ2n) is 11.2. The van der Waals surface area contributed by atoms with Gasteiger partial charge in [-0.25, -0.2) is 8.42 Å². The largest absolute Gasteiger partial charge is 0.497 e. The lowest BCUT2D eigenvalue weighted by Crippen LogP contribution is -2.54. The molecule has 2 atom stereocenters. The van der Waals surface area contributed by atoms with Gasteiger partial charge >= 0.3 is 0 Å². The van der Waals surface area contributed by atoms with E-state index in [0.29, 0.717) is 28.4 Å². The zero-order valence-electron chi connectivity index (χ0n) is 26.5. The molecule has 1 N–H and O–H groups in total. The number of nitrogens with one attached hydrogen (secondary N) is 1. The zero-order chi connectivity index (χ0) is 33.3. The summed E-state index contributed by atoms with van der Waals surface area (Å²) in [6.45, 7) is 5.26. The minimum absolute atomic E-state index is 0.00147. The van der Waals surface area contributed by atoms with Crippen LogP contribution in [0.25, 0.3) is 0 Å². The summed E-state index contributed by atoms with van der Waals surface area (Å²) in [6.07, 6.45) is 0.929. The van der Waals surface area contributed by atoms with Gasteiger partial charge in [0.2, 0.25) is 11.8 Å². The number of halogens is 1. The third-order valence-corrected chi connectivity index (χ3v) is 9.79. The molecule has 0 aliphatic heterocycles. The monoisotopic (exact) mass is 661 g/mol. The molecular weight excluding hydrogens is 622 g/mol. The fourth-order valence-corrected chi connectivity index (χ4v) is 6.57. The van der Waals surface area contributed by atoms with Gasteiger partial charge in [-0.2, -0.15) is 0 Å². The van der Waals surface area contributed by atoms with Gasteiger partial charge in [0.15, 0.2) is 0 Å². The van der Waals surface area contributed by atoms with Gasteiger partial charge in [-0.3, -0.25) is 13.9 Å². The Balaban J connectivity index is 1.80. The van der Waals surface area contributed by atoms with Gasteiger partial charge in [-0.05, 0) is 79.9 Å². The standard InChI is InChI=1S/C36H40ClN3O5S/c1-5-27(3)38-36(42)34(23-28-10-7-6-8-11-28)39(24-29-12-9-13-30(37)22-29)35(41)25-40(31-16-14-26(2)15-17-31)46(43,44)33-20-18-32(45-4)19-21-33/h6-22,27,34H,5,23-25H2,1-4H3,(H,38,42). The first-order chi connectivity index (χ1) is 22.0. The van der Waals surface area contributed by atoms with Gasteiger partial charge in [-0.15, -0.1) is 0 Å². The molecule has 242 valence electrons. The van der Waals surface area contributed by atoms with Crippen LogP contribution in [-0.2, 0) is 32.6 Å². The van der Waals surface area contributed by atoms with Crippen molar-refractivity contribution >= 4 is 39.1 Å². The van der Waals surface area contributed by atoms with Crippen LogP contribution in [0.2, 0.25) is 5.02 Å². The van der Waals surface area contributed by atoms with Gasteiger partial charge in [0.1, 0.15) is 18.3 Å². The average Bonchev–Trinajstić information content (AvgIpc) is 3.06. The molecule has 0 heterocycles. The molecule has 46 heavy (non-hydrogen) atoms. The first-order valence-electron chi connectivity index (χ1n) is 15.1. The number of benzene rings is 4. The van der Waals surface area contributed by atoms with E-state index in [1.807, 2.05) is 57.2 Å². The van der Waals surface area contributed by atoms with Gasteiger partial charge in [-0.1, -0.05) is 78.7 Å². The highest BCUT2D eigenvalue weighted by atomic mass is 35.5. The van der Waals surface area contributed by atoms with Crippen molar-refractivity contribution in [1.29, 1.82) is 0 Å². The van der Waals surface area contributed by atoms with Crippen LogP contribution in [0.15, 0.2) is 108 Å². The predicted octanol–water partition coefficient (Wildman–Crippen LogP) is 6.41. The van der Waals surface area contributed by atoms with Gasteiger partial charge in [0, 0.05) is 24.0 Å². The molecule has 0 spiro atoms. The highest BCUT2D eigenvalue weighted by Crippen LogP contribution is 2.27. The number of sulfonamides is 1. The van der Waals surface area contributed by atoms with Crippen LogP contribution in [0.3, 0.4) is 0 Å². The van der Waals surface area contributed by atoms with Crippen molar-refractivity contribution < 1.29 is 22.7 Å². The summed E-state index contributed by atoms with van der Waals surface area (Å²) in [4.78, 5) is 29.9. The normalized spacial score (nSPS) is 12.5. The Morgan fingerprint density at radius 2 is 1.54 bits per heavy atom. The van der Waals surface area contributed by atoms with Crippen molar-refractivity contribution in [3.63, 3.8) is 0 Å². The maximum Gasteiger partial charge on any atom is 0.264 e. The van der Waals surface area contributed by atoms with E-state index in [4.69, 9.17) is 16.3 Å². The smallest absolute Gasteiger partial charge is 0.264 e. The van der Waals surface area contributed by atoms with Crippen molar-refractivity contribution in [3.05, 3.63) is 125 Å². The van der Waals surface area contributed by atoms with Crippen LogP contribution in [-0.4, -0.2) is 50.9 Å². The van der Waals surface area contributed by atoms with Crippen LogP contribution >= 0.6 is 11.6 Å². The minimum atomic E-state index is -4.22. The van der Waals surface area contributed by atoms with Crippen LogP contribution in [0.5, 0.6) is 5.75 Å². The summed E-state index contributed by atoms with van der Waals surface area (Å²) in [5.41, 5.74) is 2.82. The summed E-state index contributed by atoms with van der Waals surface area (Å²) < 4.78 is 34.7. The topological polar surface area (TPSA) is 96.0 Å². The van der Waals surface area contributed by atoms with Crippen molar-refractivity contribution in [2.75, 3.05) is 18.0 Å². The van der Waals surface area contributed by atoms with E-state index < -0.39 is 28.5 Å². The number of anilines is 1. The number of hydrogen-bond acceptors (Lipinski definition) is 5. The summed E-state index contributed by atoms with van der Waals surface area (Å²) in [7, 11) is -2.72. The quantitative estimate of drug-likeness (QED) is 0.169. The maximum atomic E-state index is 14.5. The lowest BCUT2D eigenvalue weighted by molar-refractivity contribution is -0.140. The molecule has 0 aliphatic carbocycles. The number of methoxy groups -OCH3 is 1. The van der Waals surface area contributed by atoms with Crippen LogP contribution in [0.1, 0.15) is 37.0 Å². The van der Waals surface area contributed by atoms with Crippen LogP contribution in [0, 0.1) is 6.92 Å².